The summed E-state index contributed by atoms with van der Waals surface area (Å²) in [6.45, 7) is 4.68. The van der Waals surface area contributed by atoms with E-state index in [1.807, 2.05) is 0 Å². The van der Waals surface area contributed by atoms with E-state index in [9.17, 15) is 19.2 Å². The number of benzene rings is 1. The molecular weight excluding hydrogens is 452 g/mol. The second-order valence-electron chi connectivity index (χ2n) is 9.36. The minimum absolute atomic E-state index is 0.0773. The van der Waals surface area contributed by atoms with Gasteiger partial charge in [-0.05, 0) is 38.4 Å². The third-order valence-electron chi connectivity index (χ3n) is 7.11. The average molecular weight is 477 g/mol. The molecule has 34 heavy (non-hydrogen) atoms. The number of rotatable bonds is 2. The molecule has 0 saturated carbocycles. The van der Waals surface area contributed by atoms with Gasteiger partial charge in [-0.1, -0.05) is 0 Å². The third-order valence-corrected chi connectivity index (χ3v) is 7.11. The van der Waals surface area contributed by atoms with E-state index in [0.717, 1.165) is 0 Å². The maximum absolute atomic E-state index is 15.5. The van der Waals surface area contributed by atoms with Crippen LogP contribution >= 0.6 is 0 Å². The van der Waals surface area contributed by atoms with Crippen LogP contribution in [0.2, 0.25) is 0 Å². The van der Waals surface area contributed by atoms with Gasteiger partial charge in [0.2, 0.25) is 11.8 Å². The smallest absolute Gasteiger partial charge is 0.328 e. The molecule has 5 amide bonds. The SMILES string of the molecule is C[C@@H]1CN2c3c(cc(C(=O)NC4CCNC4)c(F)c3F)CC3(C(=O)NC(=O)NC3=O)[C@H]2[C@H](C)O1. The average Bonchev–Trinajstić information content (AvgIpc) is 3.26. The summed E-state index contributed by atoms with van der Waals surface area (Å²) in [4.78, 5) is 52.4. The molecule has 4 heterocycles. The van der Waals surface area contributed by atoms with E-state index in [1.165, 1.54) is 11.0 Å². The monoisotopic (exact) mass is 477 g/mol. The second kappa shape index (κ2) is 7.98. The van der Waals surface area contributed by atoms with Crippen molar-refractivity contribution in [2.75, 3.05) is 24.5 Å². The summed E-state index contributed by atoms with van der Waals surface area (Å²) in [5.41, 5.74) is -2.32. The van der Waals surface area contributed by atoms with E-state index in [1.54, 1.807) is 13.8 Å². The van der Waals surface area contributed by atoms with E-state index in [0.29, 0.717) is 19.5 Å². The van der Waals surface area contributed by atoms with E-state index >= 15 is 8.78 Å². The molecule has 4 aliphatic rings. The number of ether oxygens (including phenoxy) is 1. The number of nitrogens with one attached hydrogen (secondary N) is 4. The molecule has 4 atom stereocenters. The number of anilines is 1. The highest BCUT2D eigenvalue weighted by Crippen LogP contribution is 2.48. The van der Waals surface area contributed by atoms with Gasteiger partial charge in [-0.25, -0.2) is 13.6 Å². The van der Waals surface area contributed by atoms with Crippen molar-refractivity contribution in [3.63, 3.8) is 0 Å². The van der Waals surface area contributed by atoms with Crippen LogP contribution in [0.3, 0.4) is 0 Å². The number of fused-ring (bicyclic) bond motifs is 4. The first kappa shape index (κ1) is 22.7. The minimum atomic E-state index is -1.84. The predicted octanol–water partition coefficient (Wildman–Crippen LogP) is -0.0528. The first-order valence-corrected chi connectivity index (χ1v) is 11.2. The van der Waals surface area contributed by atoms with Crippen LogP contribution in [0, 0.1) is 17.0 Å². The normalized spacial score (nSPS) is 29.9. The maximum Gasteiger partial charge on any atom is 0.328 e. The van der Waals surface area contributed by atoms with Gasteiger partial charge in [-0.15, -0.1) is 0 Å². The summed E-state index contributed by atoms with van der Waals surface area (Å²) >= 11 is 0. The predicted molar refractivity (Wildman–Crippen MR) is 114 cm³/mol. The number of halogens is 2. The zero-order valence-electron chi connectivity index (χ0n) is 18.7. The largest absolute Gasteiger partial charge is 0.372 e. The summed E-state index contributed by atoms with van der Waals surface area (Å²) in [6.07, 6.45) is -0.810. The molecule has 1 aromatic carbocycles. The number of imide groups is 2. The molecule has 3 fully saturated rings. The Kier molecular flexibility index (Phi) is 5.32. The Balaban J connectivity index is 1.64. The van der Waals surface area contributed by atoms with Crippen LogP contribution in [0.1, 0.15) is 36.2 Å². The molecule has 182 valence electrons. The summed E-state index contributed by atoms with van der Waals surface area (Å²) in [5.74, 6) is -4.99. The van der Waals surface area contributed by atoms with Crippen molar-refractivity contribution >= 4 is 29.4 Å². The van der Waals surface area contributed by atoms with Crippen LogP contribution in [-0.2, 0) is 20.7 Å². The molecular formula is C22H25F2N5O5. The zero-order chi connectivity index (χ0) is 24.4. The Morgan fingerprint density at radius 1 is 1.18 bits per heavy atom. The molecule has 4 aliphatic heterocycles. The molecule has 0 bridgehead atoms. The van der Waals surface area contributed by atoms with Crippen LogP contribution in [-0.4, -0.2) is 67.7 Å². The fourth-order valence-electron chi connectivity index (χ4n) is 5.74. The van der Waals surface area contributed by atoms with E-state index in [4.69, 9.17) is 4.74 Å². The zero-order valence-corrected chi connectivity index (χ0v) is 18.7. The molecule has 12 heteroatoms. The van der Waals surface area contributed by atoms with Crippen molar-refractivity contribution in [2.45, 2.75) is 51.0 Å². The van der Waals surface area contributed by atoms with Crippen molar-refractivity contribution in [1.29, 1.82) is 0 Å². The van der Waals surface area contributed by atoms with Crippen molar-refractivity contribution in [3.05, 3.63) is 28.8 Å². The maximum atomic E-state index is 15.5. The highest BCUT2D eigenvalue weighted by Gasteiger charge is 2.63. The van der Waals surface area contributed by atoms with Crippen molar-refractivity contribution in [3.8, 4) is 0 Å². The summed E-state index contributed by atoms with van der Waals surface area (Å²) in [7, 11) is 0. The lowest BCUT2D eigenvalue weighted by molar-refractivity contribution is -0.153. The number of barbiturate groups is 1. The minimum Gasteiger partial charge on any atom is -0.372 e. The van der Waals surface area contributed by atoms with Gasteiger partial charge in [0.1, 0.15) is 0 Å². The number of carbonyl (C=O) groups excluding carboxylic acids is 4. The fraction of sp³-hybridized carbons (Fsp3) is 0.545. The Morgan fingerprint density at radius 3 is 2.53 bits per heavy atom. The number of nitrogens with zero attached hydrogens (tertiary/aromatic N) is 1. The summed E-state index contributed by atoms with van der Waals surface area (Å²) in [6, 6.07) is -0.970. The summed E-state index contributed by atoms with van der Waals surface area (Å²) < 4.78 is 36.6. The van der Waals surface area contributed by atoms with Crippen molar-refractivity contribution in [2.24, 2.45) is 5.41 Å². The van der Waals surface area contributed by atoms with E-state index in [2.05, 4.69) is 21.3 Å². The van der Waals surface area contributed by atoms with Gasteiger partial charge in [0.25, 0.3) is 5.91 Å². The Morgan fingerprint density at radius 2 is 1.88 bits per heavy atom. The Labute approximate surface area is 193 Å². The molecule has 1 spiro atoms. The first-order valence-electron chi connectivity index (χ1n) is 11.2. The van der Waals surface area contributed by atoms with Crippen molar-refractivity contribution < 1.29 is 32.7 Å². The van der Waals surface area contributed by atoms with E-state index in [-0.39, 0.29) is 30.3 Å². The lowest BCUT2D eigenvalue weighted by Crippen LogP contribution is -2.75. The highest BCUT2D eigenvalue weighted by atomic mass is 19.2. The molecule has 4 N–H and O–H groups in total. The first-order chi connectivity index (χ1) is 16.1. The van der Waals surface area contributed by atoms with Gasteiger partial charge in [-0.2, -0.15) is 0 Å². The summed E-state index contributed by atoms with van der Waals surface area (Å²) in [5, 5.41) is 10.0. The van der Waals surface area contributed by atoms with Gasteiger partial charge < -0.3 is 20.3 Å². The van der Waals surface area contributed by atoms with Gasteiger partial charge in [0, 0.05) is 25.6 Å². The van der Waals surface area contributed by atoms with Gasteiger partial charge >= 0.3 is 6.03 Å². The number of hydrogen-bond acceptors (Lipinski definition) is 7. The lowest BCUT2D eigenvalue weighted by atomic mass is 9.66. The third kappa shape index (κ3) is 3.27. The van der Waals surface area contributed by atoms with Crippen molar-refractivity contribution in [1.82, 2.24) is 21.3 Å². The standard InChI is InChI=1S/C22H25F2N5O5/c1-9-8-29-16-11(5-13(14(23)15(16)24)18(30)26-12-3-4-25-7-12)6-22(17(29)10(2)34-9)19(31)27-21(33)28-20(22)32/h5,9-10,12,17,25H,3-4,6-8H2,1-2H3,(H,26,30)(H2,27,28,31,32,33)/t9-,10+,12?,17-/m1/s1. The second-order valence-corrected chi connectivity index (χ2v) is 9.36. The Hall–Kier alpha value is -3.12. The topological polar surface area (TPSA) is 129 Å². The number of carbonyl (C=O) groups is 4. The van der Waals surface area contributed by atoms with Crippen LogP contribution in [0.25, 0.3) is 0 Å². The lowest BCUT2D eigenvalue weighted by Gasteiger charge is -2.55. The van der Waals surface area contributed by atoms with Gasteiger partial charge in [0.15, 0.2) is 17.0 Å². The number of hydrogen-bond donors (Lipinski definition) is 4. The number of morpholine rings is 1. The fourth-order valence-corrected chi connectivity index (χ4v) is 5.74. The molecule has 1 aromatic rings. The molecule has 0 aliphatic carbocycles. The molecule has 10 nitrogen and oxygen atoms in total. The highest BCUT2D eigenvalue weighted by molar-refractivity contribution is 6.20. The molecule has 5 rings (SSSR count). The molecule has 3 saturated heterocycles. The quantitative estimate of drug-likeness (QED) is 0.440. The molecule has 0 radical (unpaired) electrons. The number of urea groups is 1. The number of amides is 5. The molecule has 1 unspecified atom stereocenters. The van der Waals surface area contributed by atoms with Crippen LogP contribution < -0.4 is 26.2 Å². The molecule has 0 aromatic heterocycles. The van der Waals surface area contributed by atoms with E-state index < -0.39 is 64.6 Å². The van der Waals surface area contributed by atoms with Crippen LogP contribution in [0.4, 0.5) is 19.3 Å². The van der Waals surface area contributed by atoms with Crippen LogP contribution in [0.15, 0.2) is 6.07 Å². The van der Waals surface area contributed by atoms with Gasteiger partial charge in [0.05, 0.1) is 29.5 Å². The Bertz CT molecular complexity index is 1090. The van der Waals surface area contributed by atoms with Gasteiger partial charge in [-0.3, -0.25) is 25.0 Å². The van der Waals surface area contributed by atoms with Crippen LogP contribution in [0.5, 0.6) is 0 Å².